The maximum atomic E-state index is 13.0. The highest BCUT2D eigenvalue weighted by atomic mass is 19.4. The molecule has 7 nitrogen and oxygen atoms in total. The quantitative estimate of drug-likeness (QED) is 0.762. The van der Waals surface area contributed by atoms with Gasteiger partial charge in [0.05, 0.1) is 35.4 Å². The van der Waals surface area contributed by atoms with E-state index in [2.05, 4.69) is 25.7 Å². The lowest BCUT2D eigenvalue weighted by Gasteiger charge is -2.30. The van der Waals surface area contributed by atoms with E-state index in [1.54, 1.807) is 10.9 Å². The molecule has 4 N–H and O–H groups in total. The van der Waals surface area contributed by atoms with Gasteiger partial charge in [-0.2, -0.15) is 18.3 Å². The zero-order valence-electron chi connectivity index (χ0n) is 15.1. The molecule has 27 heavy (non-hydrogen) atoms. The van der Waals surface area contributed by atoms with E-state index in [-0.39, 0.29) is 5.96 Å². The van der Waals surface area contributed by atoms with E-state index in [0.717, 1.165) is 23.3 Å². The maximum Gasteiger partial charge on any atom is 0.417 e. The van der Waals surface area contributed by atoms with Gasteiger partial charge in [0.1, 0.15) is 5.66 Å². The summed E-state index contributed by atoms with van der Waals surface area (Å²) < 4.78 is 40.7. The molecule has 0 saturated heterocycles. The van der Waals surface area contributed by atoms with Crippen molar-refractivity contribution >= 4 is 11.6 Å². The number of hydrogen-bond donors (Lipinski definition) is 3. The summed E-state index contributed by atoms with van der Waals surface area (Å²) >= 11 is 0. The van der Waals surface area contributed by atoms with Crippen LogP contribution in [0.25, 0.3) is 0 Å². The van der Waals surface area contributed by atoms with Gasteiger partial charge in [0.15, 0.2) is 0 Å². The predicted octanol–water partition coefficient (Wildman–Crippen LogP) is 2.44. The lowest BCUT2D eigenvalue weighted by molar-refractivity contribution is -0.100. The van der Waals surface area contributed by atoms with E-state index in [1.165, 1.54) is 6.92 Å². The highest BCUT2D eigenvalue weighted by molar-refractivity contribution is 5.95. The van der Waals surface area contributed by atoms with Gasteiger partial charge in [0.25, 0.3) is 0 Å². The van der Waals surface area contributed by atoms with Crippen LogP contribution in [0.4, 0.5) is 18.9 Å². The van der Waals surface area contributed by atoms with Crippen LogP contribution in [0.15, 0.2) is 41.2 Å². The smallest absolute Gasteiger partial charge is 0.332 e. The van der Waals surface area contributed by atoms with Gasteiger partial charge in [-0.1, -0.05) is 6.07 Å². The molecule has 0 radical (unpaired) electrons. The summed E-state index contributed by atoms with van der Waals surface area (Å²) in [5.74, 6) is 0.115. The normalized spacial score (nSPS) is 20.0. The highest BCUT2D eigenvalue weighted by Gasteiger charge is 2.45. The van der Waals surface area contributed by atoms with Crippen molar-refractivity contribution in [2.75, 3.05) is 5.32 Å². The van der Waals surface area contributed by atoms with E-state index < -0.39 is 17.4 Å². The molecule has 10 heteroatoms. The number of aryl methyl sites for hydroxylation is 1. The molecule has 1 atom stereocenters. The number of hydrogen-bond acceptors (Lipinski definition) is 6. The molecule has 3 heterocycles. The van der Waals surface area contributed by atoms with Gasteiger partial charge < -0.3 is 16.4 Å². The summed E-state index contributed by atoms with van der Waals surface area (Å²) in [5, 5.41) is 9.74. The number of nitrogens with zero attached hydrogens (tertiary/aromatic N) is 4. The van der Waals surface area contributed by atoms with E-state index in [4.69, 9.17) is 5.73 Å². The van der Waals surface area contributed by atoms with E-state index in [0.29, 0.717) is 12.2 Å². The number of pyridine rings is 1. The Balaban J connectivity index is 1.76. The first-order valence-electron chi connectivity index (χ1n) is 8.21. The predicted molar refractivity (Wildman–Crippen MR) is 96.0 cm³/mol. The van der Waals surface area contributed by atoms with Gasteiger partial charge >= 0.3 is 6.18 Å². The van der Waals surface area contributed by atoms with Gasteiger partial charge in [-0.25, -0.2) is 4.99 Å². The number of halogens is 3. The first-order chi connectivity index (χ1) is 12.6. The van der Waals surface area contributed by atoms with Crippen molar-refractivity contribution < 1.29 is 13.2 Å². The molecule has 1 unspecified atom stereocenters. The number of guanidine groups is 1. The van der Waals surface area contributed by atoms with Crippen LogP contribution in [0.1, 0.15) is 24.0 Å². The Kier molecular flexibility index (Phi) is 4.68. The second-order valence-electron chi connectivity index (χ2n) is 6.50. The number of alkyl halides is 3. The molecule has 1 aliphatic rings. The highest BCUT2D eigenvalue weighted by Crippen LogP contribution is 2.34. The minimum absolute atomic E-state index is 0.115. The Hall–Kier alpha value is -2.88. The molecule has 0 saturated carbocycles. The second-order valence-corrected chi connectivity index (χ2v) is 6.50. The first-order valence-corrected chi connectivity index (χ1v) is 8.21. The lowest BCUT2D eigenvalue weighted by atomic mass is 10.0. The van der Waals surface area contributed by atoms with Crippen molar-refractivity contribution in [3.8, 4) is 0 Å². The first kappa shape index (κ1) is 18.9. The summed E-state index contributed by atoms with van der Waals surface area (Å²) in [7, 11) is 0. The molecular formula is C17H20F3N7. The lowest BCUT2D eigenvalue weighted by Crippen LogP contribution is -2.49. The number of aromatic nitrogens is 3. The standard InChI is InChI=1S/C17H20F3N7/c1-10-5-4-6-12(24-10)9-27-11(2)13(7-23-27)25-15-22-8-14(17(18,19)20)16(3,21)26-15/h4-8H,9,21H2,1-3H3,(H2,22,25,26). The fourth-order valence-electron chi connectivity index (χ4n) is 2.74. The number of nitrogens with two attached hydrogens (primary N) is 1. The van der Waals surface area contributed by atoms with Gasteiger partial charge in [-0.3, -0.25) is 9.67 Å². The molecule has 0 aromatic carbocycles. The van der Waals surface area contributed by atoms with Crippen LogP contribution in [-0.2, 0) is 6.54 Å². The Labute approximate surface area is 154 Å². The zero-order chi connectivity index (χ0) is 19.8. The number of nitrogens with one attached hydrogen (secondary N) is 2. The van der Waals surface area contributed by atoms with Gasteiger partial charge in [0.2, 0.25) is 5.96 Å². The van der Waals surface area contributed by atoms with E-state index >= 15 is 0 Å². The van der Waals surface area contributed by atoms with Gasteiger partial charge in [0, 0.05) is 11.9 Å². The van der Waals surface area contributed by atoms with E-state index in [9.17, 15) is 13.2 Å². The van der Waals surface area contributed by atoms with Crippen LogP contribution in [0.5, 0.6) is 0 Å². The van der Waals surface area contributed by atoms with Crippen molar-refractivity contribution in [3.05, 3.63) is 53.3 Å². The fraction of sp³-hybridized carbons (Fsp3) is 0.353. The van der Waals surface area contributed by atoms with Crippen LogP contribution in [0, 0.1) is 13.8 Å². The van der Waals surface area contributed by atoms with Crippen molar-refractivity contribution in [2.24, 2.45) is 10.7 Å². The monoisotopic (exact) mass is 379 g/mol. The van der Waals surface area contributed by atoms with Crippen LogP contribution in [0.2, 0.25) is 0 Å². The average Bonchev–Trinajstić information content (AvgIpc) is 2.86. The van der Waals surface area contributed by atoms with Crippen LogP contribution < -0.4 is 16.4 Å². The molecule has 2 aromatic heterocycles. The molecule has 1 aliphatic heterocycles. The summed E-state index contributed by atoms with van der Waals surface area (Å²) in [6, 6.07) is 5.73. The van der Waals surface area contributed by atoms with Gasteiger partial charge in [-0.15, -0.1) is 0 Å². The third kappa shape index (κ3) is 4.11. The Morgan fingerprint density at radius 2 is 2.04 bits per heavy atom. The number of rotatable bonds is 3. The summed E-state index contributed by atoms with van der Waals surface area (Å²) in [4.78, 5) is 8.37. The molecule has 3 rings (SSSR count). The third-order valence-corrected chi connectivity index (χ3v) is 4.16. The Morgan fingerprint density at radius 3 is 2.67 bits per heavy atom. The Morgan fingerprint density at radius 1 is 1.30 bits per heavy atom. The van der Waals surface area contributed by atoms with Crippen molar-refractivity contribution in [1.82, 2.24) is 20.1 Å². The van der Waals surface area contributed by atoms with Gasteiger partial charge in [-0.05, 0) is 32.9 Å². The van der Waals surface area contributed by atoms with Crippen molar-refractivity contribution in [1.29, 1.82) is 0 Å². The SMILES string of the molecule is Cc1cccc(Cn2ncc(NC3=NC(C)(N)C(C(F)(F)F)=CN3)c2C)n1. The topological polar surface area (TPSA) is 93.2 Å². The fourth-order valence-corrected chi connectivity index (χ4v) is 2.74. The third-order valence-electron chi connectivity index (χ3n) is 4.16. The van der Waals surface area contributed by atoms with Crippen LogP contribution in [0.3, 0.4) is 0 Å². The zero-order valence-corrected chi connectivity index (χ0v) is 15.1. The van der Waals surface area contributed by atoms with E-state index in [1.807, 2.05) is 32.0 Å². The molecule has 0 aliphatic carbocycles. The summed E-state index contributed by atoms with van der Waals surface area (Å²) in [6.07, 6.45) is -2.16. The molecule has 0 fully saturated rings. The second kappa shape index (κ2) is 6.69. The molecule has 144 valence electrons. The molecule has 0 bridgehead atoms. The van der Waals surface area contributed by atoms with Crippen molar-refractivity contribution in [3.63, 3.8) is 0 Å². The molecule has 0 spiro atoms. The minimum atomic E-state index is -4.56. The molecular weight excluding hydrogens is 359 g/mol. The summed E-state index contributed by atoms with van der Waals surface area (Å²) in [6.45, 7) is 5.43. The minimum Gasteiger partial charge on any atom is -0.332 e. The average molecular weight is 379 g/mol. The number of anilines is 1. The molecule has 0 amide bonds. The van der Waals surface area contributed by atoms with Crippen LogP contribution in [-0.4, -0.2) is 32.6 Å². The maximum absolute atomic E-state index is 13.0. The van der Waals surface area contributed by atoms with Crippen LogP contribution >= 0.6 is 0 Å². The Bertz CT molecular complexity index is 909. The molecule has 2 aromatic rings. The summed E-state index contributed by atoms with van der Waals surface area (Å²) in [5.41, 5.74) is 6.05. The van der Waals surface area contributed by atoms with Crippen molar-refractivity contribution in [2.45, 2.75) is 39.2 Å². The number of aliphatic imine (C=N–C) groups is 1. The largest absolute Gasteiger partial charge is 0.417 e.